The van der Waals surface area contributed by atoms with Crippen LogP contribution in [0.3, 0.4) is 0 Å². The Balaban J connectivity index is 1.87. The van der Waals surface area contributed by atoms with Crippen molar-refractivity contribution in [2.45, 2.75) is 18.9 Å². The van der Waals surface area contributed by atoms with Crippen LogP contribution >= 0.6 is 7.52 Å². The Labute approximate surface area is 164 Å². The predicted octanol–water partition coefficient (Wildman–Crippen LogP) is 3.47. The molecule has 0 aliphatic carbocycles. The van der Waals surface area contributed by atoms with E-state index in [1.807, 2.05) is 30.3 Å². The normalized spacial score (nSPS) is 20.9. The molecule has 2 aromatic rings. The molecule has 28 heavy (non-hydrogen) atoms. The van der Waals surface area contributed by atoms with Crippen molar-refractivity contribution in [2.24, 2.45) is 0 Å². The monoisotopic (exact) mass is 402 g/mol. The zero-order chi connectivity index (χ0) is 20.0. The lowest BCUT2D eigenvalue weighted by Gasteiger charge is -2.39. The summed E-state index contributed by atoms with van der Waals surface area (Å²) in [5.41, 5.74) is 1.65. The van der Waals surface area contributed by atoms with Crippen molar-refractivity contribution in [3.8, 4) is 11.5 Å². The molecular weight excluding hydrogens is 379 g/mol. The Hall–Kier alpha value is -2.44. The summed E-state index contributed by atoms with van der Waals surface area (Å²) in [6.07, 6.45) is 2.41. The van der Waals surface area contributed by atoms with Gasteiger partial charge in [0.15, 0.2) is 0 Å². The van der Waals surface area contributed by atoms with E-state index in [9.17, 15) is 9.36 Å². The van der Waals surface area contributed by atoms with Crippen LogP contribution < -0.4 is 15.5 Å². The lowest BCUT2D eigenvalue weighted by atomic mass is 10.2. The molecule has 2 atom stereocenters. The van der Waals surface area contributed by atoms with Crippen molar-refractivity contribution < 1.29 is 23.8 Å². The molecule has 1 aliphatic heterocycles. The predicted molar refractivity (Wildman–Crippen MR) is 106 cm³/mol. The summed E-state index contributed by atoms with van der Waals surface area (Å²) in [5, 5.41) is 9.54. The number of ether oxygens (including phenoxy) is 1. The van der Waals surface area contributed by atoms with Crippen LogP contribution in [-0.2, 0) is 13.9 Å². The molecule has 7 nitrogen and oxygen atoms in total. The molecule has 1 heterocycles. The molecule has 3 rings (SSSR count). The number of para-hydroxylation sites is 1. The number of amides is 1. The standard InChI is InChI=1S/C20H23N2O5P/c1-2-7-19(20(23)21-24)22-14-6-15-26-28(22,25)18-12-10-17(11-13-18)27-16-8-4-3-5-9-16/h2-5,8-13,19,24H,1,6-7,14-15H2,(H,21,23). The van der Waals surface area contributed by atoms with Crippen LogP contribution in [0.25, 0.3) is 0 Å². The number of hydrogen-bond acceptors (Lipinski definition) is 5. The van der Waals surface area contributed by atoms with Crippen LogP contribution in [0.1, 0.15) is 12.8 Å². The number of carbonyl (C=O) groups excluding carboxylic acids is 1. The van der Waals surface area contributed by atoms with Crippen molar-refractivity contribution in [3.05, 3.63) is 67.3 Å². The van der Waals surface area contributed by atoms with Gasteiger partial charge in [0.25, 0.3) is 5.91 Å². The maximum absolute atomic E-state index is 13.7. The van der Waals surface area contributed by atoms with Gasteiger partial charge in [-0.3, -0.25) is 14.6 Å². The lowest BCUT2D eigenvalue weighted by Crippen LogP contribution is -2.48. The van der Waals surface area contributed by atoms with Crippen LogP contribution in [-0.4, -0.2) is 35.0 Å². The second-order valence-electron chi connectivity index (χ2n) is 6.30. The topological polar surface area (TPSA) is 88.1 Å². The van der Waals surface area contributed by atoms with E-state index in [1.165, 1.54) is 4.67 Å². The van der Waals surface area contributed by atoms with Crippen LogP contribution in [0, 0.1) is 0 Å². The van der Waals surface area contributed by atoms with Crippen LogP contribution in [0.2, 0.25) is 0 Å². The number of rotatable bonds is 7. The average Bonchev–Trinajstić information content (AvgIpc) is 2.73. The van der Waals surface area contributed by atoms with Gasteiger partial charge in [-0.2, -0.15) is 0 Å². The number of nitrogens with zero attached hydrogens (tertiary/aromatic N) is 1. The van der Waals surface area contributed by atoms with E-state index >= 15 is 0 Å². The van der Waals surface area contributed by atoms with Gasteiger partial charge in [-0.15, -0.1) is 6.58 Å². The molecule has 0 bridgehead atoms. The molecule has 8 heteroatoms. The minimum Gasteiger partial charge on any atom is -0.457 e. The third kappa shape index (κ3) is 4.34. The first-order valence-electron chi connectivity index (χ1n) is 8.98. The molecule has 0 aromatic heterocycles. The molecule has 1 amide bonds. The first-order valence-corrected chi connectivity index (χ1v) is 10.6. The molecule has 1 saturated heterocycles. The van der Waals surface area contributed by atoms with Gasteiger partial charge in [0.05, 0.1) is 11.9 Å². The highest BCUT2D eigenvalue weighted by molar-refractivity contribution is 7.64. The maximum atomic E-state index is 13.7. The highest BCUT2D eigenvalue weighted by Crippen LogP contribution is 2.53. The Kier molecular flexibility index (Phi) is 6.65. The molecule has 0 radical (unpaired) electrons. The fourth-order valence-electron chi connectivity index (χ4n) is 3.11. The largest absolute Gasteiger partial charge is 0.457 e. The zero-order valence-electron chi connectivity index (χ0n) is 15.4. The van der Waals surface area contributed by atoms with Gasteiger partial charge in [-0.25, -0.2) is 10.2 Å². The van der Waals surface area contributed by atoms with Gasteiger partial charge >= 0.3 is 7.52 Å². The highest BCUT2D eigenvalue weighted by Gasteiger charge is 2.43. The van der Waals surface area contributed by atoms with Crippen molar-refractivity contribution in [1.29, 1.82) is 0 Å². The SMILES string of the molecule is C=CCC(C(=O)NO)N1CCCOP1(=O)c1ccc(Oc2ccccc2)cc1. The molecule has 1 fully saturated rings. The van der Waals surface area contributed by atoms with Crippen molar-refractivity contribution in [3.63, 3.8) is 0 Å². The van der Waals surface area contributed by atoms with Crippen LogP contribution in [0.15, 0.2) is 67.3 Å². The Morgan fingerprint density at radius 3 is 2.57 bits per heavy atom. The molecule has 2 aromatic carbocycles. The number of hydroxylamine groups is 1. The third-order valence-electron chi connectivity index (χ3n) is 4.44. The highest BCUT2D eigenvalue weighted by atomic mass is 31.2. The first kappa shape index (κ1) is 20.3. The Bertz CT molecular complexity index is 857. The van der Waals surface area contributed by atoms with Crippen LogP contribution in [0.5, 0.6) is 11.5 Å². The van der Waals surface area contributed by atoms with Crippen molar-refractivity contribution in [1.82, 2.24) is 10.2 Å². The maximum Gasteiger partial charge on any atom is 0.303 e. The zero-order valence-corrected chi connectivity index (χ0v) is 16.3. The van der Waals surface area contributed by atoms with E-state index < -0.39 is 19.5 Å². The summed E-state index contributed by atoms with van der Waals surface area (Å²) in [6, 6.07) is 15.3. The second kappa shape index (κ2) is 9.17. The summed E-state index contributed by atoms with van der Waals surface area (Å²) in [4.78, 5) is 12.1. The van der Waals surface area contributed by atoms with Crippen molar-refractivity contribution in [2.75, 3.05) is 13.2 Å². The molecular formula is C20H23N2O5P. The second-order valence-corrected chi connectivity index (χ2v) is 8.62. The van der Waals surface area contributed by atoms with Gasteiger partial charge in [-0.1, -0.05) is 24.3 Å². The first-order chi connectivity index (χ1) is 13.6. The van der Waals surface area contributed by atoms with E-state index in [0.717, 1.165) is 0 Å². The Morgan fingerprint density at radius 1 is 1.25 bits per heavy atom. The number of nitrogens with one attached hydrogen (secondary N) is 1. The van der Waals surface area contributed by atoms with E-state index in [1.54, 1.807) is 35.8 Å². The summed E-state index contributed by atoms with van der Waals surface area (Å²) in [5.74, 6) is 0.651. The van der Waals surface area contributed by atoms with Gasteiger partial charge in [0.1, 0.15) is 17.5 Å². The van der Waals surface area contributed by atoms with Gasteiger partial charge < -0.3 is 9.26 Å². The van der Waals surface area contributed by atoms with E-state index in [-0.39, 0.29) is 6.42 Å². The lowest BCUT2D eigenvalue weighted by molar-refractivity contribution is -0.133. The molecule has 0 spiro atoms. The number of carbonyl (C=O) groups is 1. The molecule has 0 saturated carbocycles. The Morgan fingerprint density at radius 2 is 1.93 bits per heavy atom. The fourth-order valence-corrected chi connectivity index (χ4v) is 5.57. The summed E-state index contributed by atoms with van der Waals surface area (Å²) in [6.45, 7) is 4.39. The van der Waals surface area contributed by atoms with Gasteiger partial charge in [0.2, 0.25) is 0 Å². The van der Waals surface area contributed by atoms with E-state index in [0.29, 0.717) is 36.4 Å². The number of benzene rings is 2. The third-order valence-corrected chi connectivity index (χ3v) is 7.08. The van der Waals surface area contributed by atoms with Gasteiger partial charge in [0, 0.05) is 6.54 Å². The molecule has 2 N–H and O–H groups in total. The van der Waals surface area contributed by atoms with E-state index in [4.69, 9.17) is 14.5 Å². The smallest absolute Gasteiger partial charge is 0.303 e. The van der Waals surface area contributed by atoms with Crippen LogP contribution in [0.4, 0.5) is 0 Å². The average molecular weight is 402 g/mol. The minimum absolute atomic E-state index is 0.231. The quantitative estimate of drug-likeness (QED) is 0.319. The molecule has 1 aliphatic rings. The molecule has 148 valence electrons. The summed E-state index contributed by atoms with van der Waals surface area (Å²) >= 11 is 0. The van der Waals surface area contributed by atoms with Crippen molar-refractivity contribution >= 4 is 18.7 Å². The summed E-state index contributed by atoms with van der Waals surface area (Å²) in [7, 11) is -3.47. The molecule has 2 unspecified atom stereocenters. The summed E-state index contributed by atoms with van der Waals surface area (Å²) < 4.78 is 26.7. The van der Waals surface area contributed by atoms with E-state index in [2.05, 4.69) is 6.58 Å². The number of hydrogen-bond donors (Lipinski definition) is 2. The fraction of sp³-hybridized carbons (Fsp3) is 0.250. The minimum atomic E-state index is -3.47. The van der Waals surface area contributed by atoms with Gasteiger partial charge in [-0.05, 0) is 49.2 Å².